The number of aromatic nitrogens is 2. The predicted molar refractivity (Wildman–Crippen MR) is 48.7 cm³/mol. The van der Waals surface area contributed by atoms with E-state index in [0.717, 1.165) is 12.8 Å². The summed E-state index contributed by atoms with van der Waals surface area (Å²) in [5.74, 6) is 0.552. The lowest BCUT2D eigenvalue weighted by molar-refractivity contribution is 0.0402. The molecule has 1 aromatic rings. The van der Waals surface area contributed by atoms with E-state index in [0.29, 0.717) is 12.4 Å². The maximum atomic E-state index is 10.5. The number of rotatable bonds is 3. The number of hydrogen-bond donors (Lipinski definition) is 2. The molecule has 7 heteroatoms. The Labute approximate surface area is 86.0 Å². The van der Waals surface area contributed by atoms with Gasteiger partial charge in [0.25, 0.3) is 0 Å². The number of ether oxygens (including phenoxy) is 1. The van der Waals surface area contributed by atoms with Gasteiger partial charge in [-0.15, -0.1) is 0 Å². The lowest BCUT2D eigenvalue weighted by atomic mass is 10.2. The molecule has 0 spiro atoms. The Bertz CT molecular complexity index is 327. The highest BCUT2D eigenvalue weighted by Gasteiger charge is 2.29. The first-order chi connectivity index (χ1) is 7.25. The molecule has 1 aromatic heterocycles. The number of primary amides is 1. The van der Waals surface area contributed by atoms with Crippen LogP contribution in [0.1, 0.15) is 24.8 Å². The quantitative estimate of drug-likeness (QED) is 0.731. The minimum absolute atomic E-state index is 0.0269. The third-order valence-electron chi connectivity index (χ3n) is 2.28. The number of carbonyl (C=O) groups is 1. The topological polar surface area (TPSA) is 103 Å². The van der Waals surface area contributed by atoms with Crippen molar-refractivity contribution in [3.63, 3.8) is 0 Å². The molecule has 0 saturated carbocycles. The number of hydrogen-bond acceptors (Lipinski definition) is 5. The smallest absolute Gasteiger partial charge is 0.312 e. The molecule has 2 unspecified atom stereocenters. The molecule has 1 aliphatic heterocycles. The fourth-order valence-electron chi connectivity index (χ4n) is 1.58. The van der Waals surface area contributed by atoms with Crippen molar-refractivity contribution in [1.82, 2.24) is 15.5 Å². The second-order valence-corrected chi connectivity index (χ2v) is 3.36. The summed E-state index contributed by atoms with van der Waals surface area (Å²) in [5, 5.41) is 6.21. The molecule has 1 saturated heterocycles. The van der Waals surface area contributed by atoms with Gasteiger partial charge in [0.2, 0.25) is 6.39 Å². The van der Waals surface area contributed by atoms with Crippen LogP contribution in [0.3, 0.4) is 0 Å². The van der Waals surface area contributed by atoms with Crippen LogP contribution in [0.15, 0.2) is 10.9 Å². The van der Waals surface area contributed by atoms with E-state index in [1.165, 1.54) is 6.39 Å². The van der Waals surface area contributed by atoms with Crippen molar-refractivity contribution in [1.29, 1.82) is 0 Å². The summed E-state index contributed by atoms with van der Waals surface area (Å²) in [4.78, 5) is 14.4. The average molecular weight is 212 g/mol. The Balaban J connectivity index is 1.82. The molecule has 3 N–H and O–H groups in total. The highest BCUT2D eigenvalue weighted by molar-refractivity contribution is 5.71. The zero-order valence-corrected chi connectivity index (χ0v) is 8.05. The summed E-state index contributed by atoms with van der Waals surface area (Å²) in [6.45, 7) is 0.420. The number of nitrogens with two attached hydrogens (primary N) is 1. The highest BCUT2D eigenvalue weighted by Crippen LogP contribution is 2.30. The van der Waals surface area contributed by atoms with Crippen LogP contribution in [-0.2, 0) is 4.74 Å². The summed E-state index contributed by atoms with van der Waals surface area (Å²) >= 11 is 0. The SMILES string of the molecule is NC(=O)NCC1CCC(c2ncon2)O1. The number of urea groups is 1. The number of carbonyl (C=O) groups excluding carboxylic acids is 1. The molecule has 0 aromatic carbocycles. The van der Waals surface area contributed by atoms with Gasteiger partial charge in [-0.3, -0.25) is 0 Å². The molecule has 1 aliphatic rings. The summed E-state index contributed by atoms with van der Waals surface area (Å²) < 4.78 is 10.2. The zero-order valence-electron chi connectivity index (χ0n) is 8.05. The van der Waals surface area contributed by atoms with Crippen LogP contribution in [0.25, 0.3) is 0 Å². The van der Waals surface area contributed by atoms with Crippen LogP contribution in [-0.4, -0.2) is 28.8 Å². The van der Waals surface area contributed by atoms with Crippen molar-refractivity contribution < 1.29 is 14.1 Å². The average Bonchev–Trinajstić information content (AvgIpc) is 2.85. The Morgan fingerprint density at radius 1 is 1.67 bits per heavy atom. The summed E-state index contributed by atoms with van der Waals surface area (Å²) in [6, 6.07) is -0.540. The molecule has 1 fully saturated rings. The number of amides is 2. The van der Waals surface area contributed by atoms with Crippen LogP contribution in [0.2, 0.25) is 0 Å². The first kappa shape index (κ1) is 9.91. The predicted octanol–water partition coefficient (Wildman–Crippen LogP) is -0.0420. The van der Waals surface area contributed by atoms with E-state index in [2.05, 4.69) is 20.0 Å². The molecule has 2 heterocycles. The number of nitrogens with one attached hydrogen (secondary N) is 1. The second-order valence-electron chi connectivity index (χ2n) is 3.36. The molecule has 0 aliphatic carbocycles. The molecule has 2 rings (SSSR count). The van der Waals surface area contributed by atoms with Gasteiger partial charge in [-0.25, -0.2) is 4.79 Å². The molecule has 2 amide bonds. The Morgan fingerprint density at radius 2 is 2.53 bits per heavy atom. The van der Waals surface area contributed by atoms with Crippen molar-refractivity contribution in [3.05, 3.63) is 12.2 Å². The normalized spacial score (nSPS) is 25.3. The Hall–Kier alpha value is -1.63. The molecule has 0 radical (unpaired) electrons. The van der Waals surface area contributed by atoms with E-state index in [1.54, 1.807) is 0 Å². The fourth-order valence-corrected chi connectivity index (χ4v) is 1.58. The van der Waals surface area contributed by atoms with Gasteiger partial charge >= 0.3 is 6.03 Å². The maximum Gasteiger partial charge on any atom is 0.312 e. The van der Waals surface area contributed by atoms with Crippen molar-refractivity contribution in [2.24, 2.45) is 5.73 Å². The van der Waals surface area contributed by atoms with Crippen LogP contribution < -0.4 is 11.1 Å². The van der Waals surface area contributed by atoms with Crippen molar-refractivity contribution in [2.45, 2.75) is 25.0 Å². The van der Waals surface area contributed by atoms with Crippen LogP contribution >= 0.6 is 0 Å². The van der Waals surface area contributed by atoms with E-state index >= 15 is 0 Å². The van der Waals surface area contributed by atoms with Gasteiger partial charge in [0.15, 0.2) is 5.82 Å². The third-order valence-corrected chi connectivity index (χ3v) is 2.28. The van der Waals surface area contributed by atoms with Crippen LogP contribution in [0.5, 0.6) is 0 Å². The fraction of sp³-hybridized carbons (Fsp3) is 0.625. The van der Waals surface area contributed by atoms with Crippen molar-refractivity contribution >= 4 is 6.03 Å². The van der Waals surface area contributed by atoms with E-state index in [4.69, 9.17) is 10.5 Å². The minimum Gasteiger partial charge on any atom is -0.365 e. The van der Waals surface area contributed by atoms with Gasteiger partial charge in [0.05, 0.1) is 6.10 Å². The third kappa shape index (κ3) is 2.44. The van der Waals surface area contributed by atoms with E-state index < -0.39 is 6.03 Å². The molecule has 82 valence electrons. The van der Waals surface area contributed by atoms with Crippen molar-refractivity contribution in [3.8, 4) is 0 Å². The molecule has 7 nitrogen and oxygen atoms in total. The lowest BCUT2D eigenvalue weighted by Gasteiger charge is -2.11. The van der Waals surface area contributed by atoms with E-state index in [9.17, 15) is 4.79 Å². The summed E-state index contributed by atoms with van der Waals surface area (Å²) in [6.07, 6.45) is 2.78. The molecule has 2 atom stereocenters. The van der Waals surface area contributed by atoms with Crippen LogP contribution in [0.4, 0.5) is 4.79 Å². The van der Waals surface area contributed by atoms with Gasteiger partial charge in [-0.1, -0.05) is 5.16 Å². The van der Waals surface area contributed by atoms with E-state index in [1.807, 2.05) is 0 Å². The molecule has 15 heavy (non-hydrogen) atoms. The van der Waals surface area contributed by atoms with Crippen molar-refractivity contribution in [2.75, 3.05) is 6.54 Å². The lowest BCUT2D eigenvalue weighted by Crippen LogP contribution is -2.35. The molecule has 0 bridgehead atoms. The summed E-state index contributed by atoms with van der Waals surface area (Å²) in [5.41, 5.74) is 4.95. The standard InChI is InChI=1S/C8H12N4O3/c9-8(13)10-3-5-1-2-6(15-5)7-11-4-14-12-7/h4-6H,1-3H2,(H3,9,10,13). The van der Waals surface area contributed by atoms with Gasteiger partial charge < -0.3 is 20.3 Å². The molecular weight excluding hydrogens is 200 g/mol. The zero-order chi connectivity index (χ0) is 10.7. The largest absolute Gasteiger partial charge is 0.365 e. The van der Waals surface area contributed by atoms with Gasteiger partial charge in [-0.2, -0.15) is 4.98 Å². The van der Waals surface area contributed by atoms with Gasteiger partial charge in [0, 0.05) is 6.54 Å². The Kier molecular flexibility index (Phi) is 2.82. The van der Waals surface area contributed by atoms with Crippen LogP contribution in [0, 0.1) is 0 Å². The Morgan fingerprint density at radius 3 is 3.20 bits per heavy atom. The highest BCUT2D eigenvalue weighted by atomic mass is 16.5. The first-order valence-corrected chi connectivity index (χ1v) is 4.70. The second kappa shape index (κ2) is 4.26. The monoisotopic (exact) mass is 212 g/mol. The minimum atomic E-state index is -0.540. The van der Waals surface area contributed by atoms with Gasteiger partial charge in [0.1, 0.15) is 6.10 Å². The van der Waals surface area contributed by atoms with Gasteiger partial charge in [-0.05, 0) is 12.8 Å². The number of nitrogens with zero attached hydrogens (tertiary/aromatic N) is 2. The molecular formula is C8H12N4O3. The maximum absolute atomic E-state index is 10.5. The first-order valence-electron chi connectivity index (χ1n) is 4.70. The van der Waals surface area contributed by atoms with E-state index in [-0.39, 0.29) is 12.2 Å². The summed E-state index contributed by atoms with van der Waals surface area (Å²) in [7, 11) is 0.